The second-order valence-electron chi connectivity index (χ2n) is 5.61. The predicted molar refractivity (Wildman–Crippen MR) is 75.4 cm³/mol. The number of likely N-dealkylation sites (tertiary alicyclic amines) is 1. The molecule has 5 heteroatoms. The summed E-state index contributed by atoms with van der Waals surface area (Å²) in [6.07, 6.45) is 3.95. The normalized spacial score (nSPS) is 23.4. The fraction of sp³-hybridized carbons (Fsp3) is 0.929. The van der Waals surface area contributed by atoms with E-state index in [0.717, 1.165) is 45.4 Å². The number of hydrogen-bond acceptors (Lipinski definition) is 4. The van der Waals surface area contributed by atoms with Crippen molar-refractivity contribution < 1.29 is 14.6 Å². The number of hydrogen-bond donors (Lipinski definition) is 2. The first-order chi connectivity index (χ1) is 9.01. The second kappa shape index (κ2) is 7.82. The Morgan fingerprint density at radius 1 is 1.58 bits per heavy atom. The van der Waals surface area contributed by atoms with Crippen molar-refractivity contribution in [2.75, 3.05) is 33.3 Å². The van der Waals surface area contributed by atoms with Crippen LogP contribution in [0.25, 0.3) is 0 Å². The Morgan fingerprint density at radius 3 is 2.84 bits per heavy atom. The van der Waals surface area contributed by atoms with Gasteiger partial charge in [-0.1, -0.05) is 6.92 Å². The van der Waals surface area contributed by atoms with Crippen LogP contribution in [0.4, 0.5) is 0 Å². The van der Waals surface area contributed by atoms with Gasteiger partial charge in [0.1, 0.15) is 5.54 Å². The molecule has 19 heavy (non-hydrogen) atoms. The summed E-state index contributed by atoms with van der Waals surface area (Å²) in [6, 6.07) is 0. The summed E-state index contributed by atoms with van der Waals surface area (Å²) in [5.74, 6) is -0.753. The molecule has 2 N–H and O–H groups in total. The molecular formula is C14H28N2O3. The minimum atomic E-state index is -0.795. The van der Waals surface area contributed by atoms with Gasteiger partial charge in [-0.2, -0.15) is 0 Å². The highest BCUT2D eigenvalue weighted by Gasteiger charge is 2.32. The summed E-state index contributed by atoms with van der Waals surface area (Å²) in [6.45, 7) is 7.57. The lowest BCUT2D eigenvalue weighted by atomic mass is 9.95. The van der Waals surface area contributed by atoms with E-state index in [1.165, 1.54) is 0 Å². The van der Waals surface area contributed by atoms with Crippen LogP contribution in [0.3, 0.4) is 0 Å². The molecule has 112 valence electrons. The Kier molecular flexibility index (Phi) is 6.75. The van der Waals surface area contributed by atoms with Crippen LogP contribution in [0.5, 0.6) is 0 Å². The number of ether oxygens (including phenoxy) is 1. The molecular weight excluding hydrogens is 244 g/mol. The number of carboxylic acid groups (broad SMARTS) is 1. The maximum Gasteiger partial charge on any atom is 0.323 e. The first-order valence-corrected chi connectivity index (χ1v) is 7.25. The summed E-state index contributed by atoms with van der Waals surface area (Å²) in [5.41, 5.74) is -0.795. The van der Waals surface area contributed by atoms with Crippen molar-refractivity contribution in [2.24, 2.45) is 0 Å². The van der Waals surface area contributed by atoms with Gasteiger partial charge in [0.2, 0.25) is 0 Å². The van der Waals surface area contributed by atoms with Crippen molar-refractivity contribution >= 4 is 5.97 Å². The molecule has 0 aliphatic carbocycles. The van der Waals surface area contributed by atoms with Crippen molar-refractivity contribution in [3.8, 4) is 0 Å². The zero-order chi connectivity index (χ0) is 14.3. The van der Waals surface area contributed by atoms with E-state index in [1.54, 1.807) is 14.0 Å². The van der Waals surface area contributed by atoms with E-state index in [0.29, 0.717) is 12.5 Å². The smallest absolute Gasteiger partial charge is 0.323 e. The van der Waals surface area contributed by atoms with E-state index in [2.05, 4.69) is 10.2 Å². The Labute approximate surface area is 116 Å². The molecule has 0 aromatic carbocycles. The first-order valence-electron chi connectivity index (χ1n) is 7.25. The van der Waals surface area contributed by atoms with Crippen LogP contribution in [-0.2, 0) is 9.53 Å². The van der Waals surface area contributed by atoms with Gasteiger partial charge in [0.05, 0.1) is 6.10 Å². The van der Waals surface area contributed by atoms with Crippen LogP contribution in [0.1, 0.15) is 39.5 Å². The Morgan fingerprint density at radius 2 is 2.32 bits per heavy atom. The van der Waals surface area contributed by atoms with Gasteiger partial charge in [-0.3, -0.25) is 4.79 Å². The monoisotopic (exact) mass is 272 g/mol. The van der Waals surface area contributed by atoms with E-state index >= 15 is 0 Å². The van der Waals surface area contributed by atoms with E-state index in [9.17, 15) is 9.90 Å². The molecule has 2 unspecified atom stereocenters. The van der Waals surface area contributed by atoms with Gasteiger partial charge >= 0.3 is 5.97 Å². The van der Waals surface area contributed by atoms with Crippen molar-refractivity contribution in [1.29, 1.82) is 0 Å². The molecule has 0 bridgehead atoms. The summed E-state index contributed by atoms with van der Waals surface area (Å²) in [7, 11) is 1.75. The van der Waals surface area contributed by atoms with Gasteiger partial charge in [-0.05, 0) is 45.7 Å². The average molecular weight is 272 g/mol. The van der Waals surface area contributed by atoms with E-state index in [4.69, 9.17) is 4.74 Å². The topological polar surface area (TPSA) is 61.8 Å². The van der Waals surface area contributed by atoms with E-state index < -0.39 is 11.5 Å². The molecule has 0 amide bonds. The molecule has 1 rings (SSSR count). The van der Waals surface area contributed by atoms with Crippen molar-refractivity contribution in [1.82, 2.24) is 10.2 Å². The molecule has 1 aliphatic heterocycles. The van der Waals surface area contributed by atoms with Crippen LogP contribution in [0.2, 0.25) is 0 Å². The highest BCUT2D eigenvalue weighted by Crippen LogP contribution is 2.16. The van der Waals surface area contributed by atoms with Crippen LogP contribution in [0, 0.1) is 0 Å². The molecule has 0 aromatic rings. The number of nitrogens with zero attached hydrogens (tertiary/aromatic N) is 1. The molecule has 0 spiro atoms. The summed E-state index contributed by atoms with van der Waals surface area (Å²) in [4.78, 5) is 13.7. The van der Waals surface area contributed by atoms with Gasteiger partial charge in [-0.25, -0.2) is 0 Å². The van der Waals surface area contributed by atoms with Gasteiger partial charge < -0.3 is 20.1 Å². The lowest BCUT2D eigenvalue weighted by molar-refractivity contribution is -0.144. The Balaban J connectivity index is 2.30. The van der Waals surface area contributed by atoms with E-state index in [-0.39, 0.29) is 0 Å². The minimum absolute atomic E-state index is 0.351. The maximum atomic E-state index is 11.4. The Hall–Kier alpha value is -0.650. The van der Waals surface area contributed by atoms with Crippen molar-refractivity contribution in [2.45, 2.75) is 51.2 Å². The third kappa shape index (κ3) is 5.09. The molecule has 5 nitrogen and oxygen atoms in total. The van der Waals surface area contributed by atoms with Crippen LogP contribution in [-0.4, -0.2) is 60.9 Å². The molecule has 0 saturated carbocycles. The number of rotatable bonds is 9. The summed E-state index contributed by atoms with van der Waals surface area (Å²) in [5, 5.41) is 12.5. The second-order valence-corrected chi connectivity index (χ2v) is 5.61. The van der Waals surface area contributed by atoms with Gasteiger partial charge in [0, 0.05) is 20.2 Å². The molecule has 1 heterocycles. The molecule has 0 radical (unpaired) electrons. The Bertz CT molecular complexity index is 286. The van der Waals surface area contributed by atoms with Crippen molar-refractivity contribution in [3.63, 3.8) is 0 Å². The fourth-order valence-electron chi connectivity index (χ4n) is 2.52. The number of carbonyl (C=O) groups is 1. The zero-order valence-corrected chi connectivity index (χ0v) is 12.4. The lowest BCUT2D eigenvalue weighted by Gasteiger charge is -2.27. The van der Waals surface area contributed by atoms with Gasteiger partial charge in [0.15, 0.2) is 0 Å². The predicted octanol–water partition coefficient (Wildman–Crippen LogP) is 1.33. The summed E-state index contributed by atoms with van der Waals surface area (Å²) >= 11 is 0. The molecule has 1 saturated heterocycles. The lowest BCUT2D eigenvalue weighted by Crippen LogP contribution is -2.50. The number of aliphatic carboxylic acids is 1. The van der Waals surface area contributed by atoms with E-state index in [1.807, 2.05) is 6.92 Å². The van der Waals surface area contributed by atoms with Crippen LogP contribution in [0.15, 0.2) is 0 Å². The molecule has 1 fully saturated rings. The highest BCUT2D eigenvalue weighted by molar-refractivity contribution is 5.78. The minimum Gasteiger partial charge on any atom is -0.480 e. The quantitative estimate of drug-likeness (QED) is 0.663. The number of carboxylic acids is 1. The maximum absolute atomic E-state index is 11.4. The SMILES string of the molecule is CCCNC(C)(CCCN1CCC(OC)C1)C(=O)O. The average Bonchev–Trinajstić information content (AvgIpc) is 2.84. The van der Waals surface area contributed by atoms with Crippen molar-refractivity contribution in [3.05, 3.63) is 0 Å². The van der Waals surface area contributed by atoms with Gasteiger partial charge in [-0.15, -0.1) is 0 Å². The number of methoxy groups -OCH3 is 1. The third-order valence-electron chi connectivity index (χ3n) is 3.95. The van der Waals surface area contributed by atoms with Crippen LogP contribution < -0.4 is 5.32 Å². The highest BCUT2D eigenvalue weighted by atomic mass is 16.5. The summed E-state index contributed by atoms with van der Waals surface area (Å²) < 4.78 is 5.33. The third-order valence-corrected chi connectivity index (χ3v) is 3.95. The van der Waals surface area contributed by atoms with Gasteiger partial charge in [0.25, 0.3) is 0 Å². The molecule has 2 atom stereocenters. The molecule has 0 aromatic heterocycles. The molecule has 1 aliphatic rings. The zero-order valence-electron chi connectivity index (χ0n) is 12.4. The van der Waals surface area contributed by atoms with Crippen LogP contribution >= 0.6 is 0 Å². The largest absolute Gasteiger partial charge is 0.480 e. The standard InChI is InChI=1S/C14H28N2O3/c1-4-8-15-14(2,13(17)18)7-5-9-16-10-6-12(11-16)19-3/h12,15H,4-11H2,1-3H3,(H,17,18). The number of nitrogens with one attached hydrogen (secondary N) is 1. The fourth-order valence-corrected chi connectivity index (χ4v) is 2.52. The first kappa shape index (κ1) is 16.4.